The number of nitrogens with zero attached hydrogens (tertiary/aromatic N) is 3. The van der Waals surface area contributed by atoms with Gasteiger partial charge in [-0.3, -0.25) is 9.88 Å². The van der Waals surface area contributed by atoms with Gasteiger partial charge in [-0.25, -0.2) is 4.98 Å². The van der Waals surface area contributed by atoms with E-state index < -0.39 is 0 Å². The number of hydrogen-bond donors (Lipinski definition) is 1. The van der Waals surface area contributed by atoms with Gasteiger partial charge in [-0.05, 0) is 36.7 Å². The Labute approximate surface area is 137 Å². The van der Waals surface area contributed by atoms with E-state index in [1.54, 1.807) is 6.20 Å². The van der Waals surface area contributed by atoms with E-state index in [4.69, 9.17) is 4.98 Å². The number of imidazole rings is 1. The number of hydrogen-bond acceptors (Lipinski definition) is 3. The molecule has 2 aromatic heterocycles. The van der Waals surface area contributed by atoms with Crippen molar-refractivity contribution in [1.29, 1.82) is 0 Å². The predicted molar refractivity (Wildman–Crippen MR) is 90.7 cm³/mol. The highest BCUT2D eigenvalue weighted by molar-refractivity contribution is 9.10. The molecule has 1 unspecified atom stereocenters. The van der Waals surface area contributed by atoms with Gasteiger partial charge >= 0.3 is 0 Å². The van der Waals surface area contributed by atoms with Crippen molar-refractivity contribution in [2.24, 2.45) is 0 Å². The Balaban J connectivity index is 1.46. The average molecular weight is 357 g/mol. The molecular weight excluding hydrogens is 340 g/mol. The van der Waals surface area contributed by atoms with Gasteiger partial charge in [0.2, 0.25) is 0 Å². The van der Waals surface area contributed by atoms with E-state index >= 15 is 0 Å². The van der Waals surface area contributed by atoms with E-state index in [0.29, 0.717) is 5.92 Å². The normalized spacial score (nSPS) is 19.0. The van der Waals surface area contributed by atoms with Crippen molar-refractivity contribution in [2.45, 2.75) is 18.9 Å². The maximum atomic E-state index is 4.72. The third-order valence-corrected chi connectivity index (χ3v) is 4.81. The van der Waals surface area contributed by atoms with Gasteiger partial charge in [-0.15, -0.1) is 0 Å². The third-order valence-electron chi connectivity index (χ3n) is 4.28. The molecule has 0 radical (unpaired) electrons. The lowest BCUT2D eigenvalue weighted by atomic mass is 10.1. The fourth-order valence-corrected chi connectivity index (χ4v) is 3.38. The minimum atomic E-state index is 0.489. The van der Waals surface area contributed by atoms with Crippen LogP contribution in [0.3, 0.4) is 0 Å². The van der Waals surface area contributed by atoms with Crippen molar-refractivity contribution in [3.05, 3.63) is 58.6 Å². The number of rotatable bonds is 3. The Morgan fingerprint density at radius 3 is 2.91 bits per heavy atom. The van der Waals surface area contributed by atoms with Crippen LogP contribution in [0.5, 0.6) is 0 Å². The lowest BCUT2D eigenvalue weighted by molar-refractivity contribution is 0.326. The molecule has 22 heavy (non-hydrogen) atoms. The number of aromatic amines is 1. The summed E-state index contributed by atoms with van der Waals surface area (Å²) in [5, 5.41) is 0. The van der Waals surface area contributed by atoms with Gasteiger partial charge in [-0.1, -0.05) is 28.1 Å². The van der Waals surface area contributed by atoms with Gasteiger partial charge in [-0.2, -0.15) is 0 Å². The number of aromatic nitrogens is 3. The molecule has 3 heterocycles. The number of pyridine rings is 1. The molecule has 5 heteroatoms. The van der Waals surface area contributed by atoms with E-state index in [0.717, 1.165) is 47.4 Å². The van der Waals surface area contributed by atoms with Gasteiger partial charge in [0.25, 0.3) is 0 Å². The summed E-state index contributed by atoms with van der Waals surface area (Å²) >= 11 is 3.48. The zero-order chi connectivity index (χ0) is 14.9. The van der Waals surface area contributed by atoms with Crippen LogP contribution in [-0.2, 0) is 6.54 Å². The summed E-state index contributed by atoms with van der Waals surface area (Å²) in [6.45, 7) is 3.19. The summed E-state index contributed by atoms with van der Waals surface area (Å²) in [5.74, 6) is 1.59. The SMILES string of the molecule is Brc1ccc(CN2CCC(c3nc4ccncc4[nH]3)C2)cc1. The molecule has 1 N–H and O–H groups in total. The van der Waals surface area contributed by atoms with Crippen molar-refractivity contribution in [1.82, 2.24) is 19.9 Å². The Hall–Kier alpha value is -1.72. The van der Waals surface area contributed by atoms with Crippen molar-refractivity contribution in [3.63, 3.8) is 0 Å². The molecule has 1 fully saturated rings. The number of nitrogens with one attached hydrogen (secondary N) is 1. The third kappa shape index (κ3) is 2.78. The summed E-state index contributed by atoms with van der Waals surface area (Å²) in [7, 11) is 0. The second-order valence-corrected chi connectivity index (χ2v) is 6.78. The van der Waals surface area contributed by atoms with Crippen LogP contribution in [-0.4, -0.2) is 32.9 Å². The van der Waals surface area contributed by atoms with Crippen LogP contribution in [0.4, 0.5) is 0 Å². The molecule has 4 rings (SSSR count). The highest BCUT2D eigenvalue weighted by Crippen LogP contribution is 2.27. The summed E-state index contributed by atoms with van der Waals surface area (Å²) < 4.78 is 1.13. The Kier molecular flexibility index (Phi) is 3.68. The first-order valence-corrected chi connectivity index (χ1v) is 8.34. The molecule has 0 spiro atoms. The van der Waals surface area contributed by atoms with Crippen LogP contribution in [0.15, 0.2) is 47.2 Å². The maximum absolute atomic E-state index is 4.72. The van der Waals surface area contributed by atoms with Gasteiger partial charge in [0, 0.05) is 29.7 Å². The zero-order valence-corrected chi connectivity index (χ0v) is 13.8. The molecule has 1 aromatic carbocycles. The second kappa shape index (κ2) is 5.82. The molecule has 0 amide bonds. The van der Waals surface area contributed by atoms with Crippen molar-refractivity contribution in [2.75, 3.05) is 13.1 Å². The van der Waals surface area contributed by atoms with Gasteiger partial charge in [0.1, 0.15) is 5.82 Å². The molecule has 0 bridgehead atoms. The topological polar surface area (TPSA) is 44.8 Å². The first kappa shape index (κ1) is 13.9. The van der Waals surface area contributed by atoms with Gasteiger partial charge < -0.3 is 4.98 Å². The minimum Gasteiger partial charge on any atom is -0.340 e. The minimum absolute atomic E-state index is 0.489. The molecule has 0 aliphatic carbocycles. The van der Waals surface area contributed by atoms with Crippen molar-refractivity contribution < 1.29 is 0 Å². The average Bonchev–Trinajstić information content (AvgIpc) is 3.15. The Morgan fingerprint density at radius 2 is 2.09 bits per heavy atom. The standard InChI is InChI=1S/C17H17BrN4/c18-14-3-1-12(2-4-14)10-22-8-6-13(11-22)17-20-15-5-7-19-9-16(15)21-17/h1-5,7,9,13H,6,8,10-11H2,(H,20,21). The lowest BCUT2D eigenvalue weighted by Gasteiger charge is -2.15. The molecule has 1 saturated heterocycles. The van der Waals surface area contributed by atoms with Crippen LogP contribution >= 0.6 is 15.9 Å². The highest BCUT2D eigenvalue weighted by Gasteiger charge is 2.26. The van der Waals surface area contributed by atoms with Gasteiger partial charge in [0.15, 0.2) is 0 Å². The van der Waals surface area contributed by atoms with Crippen LogP contribution in [0.25, 0.3) is 11.0 Å². The van der Waals surface area contributed by atoms with Crippen molar-refractivity contribution >= 4 is 27.0 Å². The second-order valence-electron chi connectivity index (χ2n) is 5.86. The molecule has 4 nitrogen and oxygen atoms in total. The van der Waals surface area contributed by atoms with E-state index in [2.05, 4.69) is 55.1 Å². The van der Waals surface area contributed by atoms with Crippen LogP contribution in [0.1, 0.15) is 23.7 Å². The maximum Gasteiger partial charge on any atom is 0.111 e. The molecule has 3 aromatic rings. The Morgan fingerprint density at radius 1 is 1.23 bits per heavy atom. The van der Waals surface area contributed by atoms with E-state index in [-0.39, 0.29) is 0 Å². The quantitative estimate of drug-likeness (QED) is 0.777. The fourth-order valence-electron chi connectivity index (χ4n) is 3.12. The number of H-pyrrole nitrogens is 1. The predicted octanol–water partition coefficient (Wildman–Crippen LogP) is 3.71. The zero-order valence-electron chi connectivity index (χ0n) is 12.2. The number of benzene rings is 1. The Bertz CT molecular complexity index is 748. The number of fused-ring (bicyclic) bond motifs is 1. The summed E-state index contributed by atoms with van der Waals surface area (Å²) in [6.07, 6.45) is 4.80. The first-order chi connectivity index (χ1) is 10.8. The largest absolute Gasteiger partial charge is 0.340 e. The molecule has 1 aliphatic heterocycles. The smallest absolute Gasteiger partial charge is 0.111 e. The molecule has 1 aliphatic rings. The summed E-state index contributed by atoms with van der Waals surface area (Å²) in [6, 6.07) is 10.5. The fraction of sp³-hybridized carbons (Fsp3) is 0.294. The van der Waals surface area contributed by atoms with Crippen LogP contribution in [0.2, 0.25) is 0 Å². The lowest BCUT2D eigenvalue weighted by Crippen LogP contribution is -2.19. The van der Waals surface area contributed by atoms with Crippen molar-refractivity contribution in [3.8, 4) is 0 Å². The van der Waals surface area contributed by atoms with Gasteiger partial charge in [0.05, 0.1) is 17.2 Å². The van der Waals surface area contributed by atoms with Crippen LogP contribution < -0.4 is 0 Å². The molecular formula is C17H17BrN4. The van der Waals surface area contributed by atoms with Crippen LogP contribution in [0, 0.1) is 0 Å². The molecule has 0 saturated carbocycles. The number of likely N-dealkylation sites (tertiary alicyclic amines) is 1. The van der Waals surface area contributed by atoms with E-state index in [1.165, 1.54) is 5.56 Å². The summed E-state index contributed by atoms with van der Waals surface area (Å²) in [4.78, 5) is 14.8. The molecule has 1 atom stereocenters. The van der Waals surface area contributed by atoms with E-state index in [1.807, 2.05) is 12.3 Å². The first-order valence-electron chi connectivity index (χ1n) is 7.54. The summed E-state index contributed by atoms with van der Waals surface area (Å²) in [5.41, 5.74) is 3.40. The number of halogens is 1. The molecule has 112 valence electrons. The monoisotopic (exact) mass is 356 g/mol. The van der Waals surface area contributed by atoms with E-state index in [9.17, 15) is 0 Å². The highest BCUT2D eigenvalue weighted by atomic mass is 79.9.